The molecule has 1 aliphatic heterocycles. The quantitative estimate of drug-likeness (QED) is 0.464. The van der Waals surface area contributed by atoms with Crippen LogP contribution in [-0.4, -0.2) is 23.7 Å². The van der Waals surface area contributed by atoms with Gasteiger partial charge in [0, 0.05) is 12.6 Å². The summed E-state index contributed by atoms with van der Waals surface area (Å²) in [5.74, 6) is -0.740. The number of hydrogen-bond acceptors (Lipinski definition) is 3. The molecule has 1 aliphatic rings. The average molecular weight is 130 g/mol. The highest BCUT2D eigenvalue weighted by atomic mass is 16.4. The van der Waals surface area contributed by atoms with Crippen LogP contribution in [0.3, 0.4) is 0 Å². The number of hydrogen-bond donors (Lipinski definition) is 3. The average Bonchev–Trinajstić information content (AvgIpc) is 2.15. The van der Waals surface area contributed by atoms with Crippen LogP contribution in [0.2, 0.25) is 0 Å². The molecule has 4 heteroatoms. The van der Waals surface area contributed by atoms with Crippen molar-refractivity contribution in [1.82, 2.24) is 10.9 Å². The Kier molecular flexibility index (Phi) is 2.02. The normalized spacial score (nSPS) is 26.4. The molecule has 0 amide bonds. The van der Waals surface area contributed by atoms with Crippen LogP contribution in [0.25, 0.3) is 0 Å². The summed E-state index contributed by atoms with van der Waals surface area (Å²) in [5.41, 5.74) is 5.72. The summed E-state index contributed by atoms with van der Waals surface area (Å²) in [6.45, 7) is 0.873. The molecular weight excluding hydrogens is 120 g/mol. The van der Waals surface area contributed by atoms with Crippen LogP contribution in [0.15, 0.2) is 0 Å². The van der Waals surface area contributed by atoms with Gasteiger partial charge in [-0.15, -0.1) is 0 Å². The topological polar surface area (TPSA) is 61.4 Å². The van der Waals surface area contributed by atoms with E-state index < -0.39 is 5.97 Å². The van der Waals surface area contributed by atoms with Gasteiger partial charge in [-0.1, -0.05) is 0 Å². The molecule has 0 bridgehead atoms. The van der Waals surface area contributed by atoms with Crippen molar-refractivity contribution in [1.29, 1.82) is 0 Å². The highest BCUT2D eigenvalue weighted by Crippen LogP contribution is 1.99. The van der Waals surface area contributed by atoms with Crippen LogP contribution in [0.5, 0.6) is 0 Å². The second kappa shape index (κ2) is 2.80. The summed E-state index contributed by atoms with van der Waals surface area (Å²) < 4.78 is 0. The van der Waals surface area contributed by atoms with E-state index in [1.165, 1.54) is 0 Å². The molecule has 52 valence electrons. The second-order valence-corrected chi connectivity index (χ2v) is 2.15. The van der Waals surface area contributed by atoms with Gasteiger partial charge in [-0.2, -0.15) is 0 Å². The van der Waals surface area contributed by atoms with Gasteiger partial charge < -0.3 is 5.11 Å². The van der Waals surface area contributed by atoms with Gasteiger partial charge >= 0.3 is 5.97 Å². The molecule has 1 atom stereocenters. The van der Waals surface area contributed by atoms with Crippen LogP contribution < -0.4 is 10.9 Å². The van der Waals surface area contributed by atoms with Gasteiger partial charge in [-0.25, -0.2) is 0 Å². The van der Waals surface area contributed by atoms with Gasteiger partial charge in [0.05, 0.1) is 6.42 Å². The molecule has 0 aromatic carbocycles. The van der Waals surface area contributed by atoms with E-state index in [9.17, 15) is 4.79 Å². The molecule has 1 saturated heterocycles. The zero-order valence-corrected chi connectivity index (χ0v) is 5.05. The minimum Gasteiger partial charge on any atom is -0.481 e. The molecule has 3 N–H and O–H groups in total. The standard InChI is InChI=1S/C5H10N2O2/c8-5(9)3-4-1-2-6-7-4/h4,6-7H,1-3H2,(H,8,9). The molecule has 4 nitrogen and oxygen atoms in total. The number of carboxylic acids is 1. The Balaban J connectivity index is 2.19. The summed E-state index contributed by atoms with van der Waals surface area (Å²) >= 11 is 0. The van der Waals surface area contributed by atoms with Gasteiger partial charge in [0.1, 0.15) is 0 Å². The Hall–Kier alpha value is -0.610. The molecule has 0 radical (unpaired) electrons. The fourth-order valence-electron chi connectivity index (χ4n) is 0.899. The van der Waals surface area contributed by atoms with Crippen molar-refractivity contribution in [2.75, 3.05) is 6.54 Å². The van der Waals surface area contributed by atoms with E-state index in [4.69, 9.17) is 5.11 Å². The Bertz CT molecular complexity index is 110. The smallest absolute Gasteiger partial charge is 0.304 e. The maximum atomic E-state index is 10.1. The van der Waals surface area contributed by atoms with Crippen LogP contribution in [-0.2, 0) is 4.79 Å². The predicted octanol–water partition coefficient (Wildman–Crippen LogP) is -0.672. The van der Waals surface area contributed by atoms with Gasteiger partial charge in [0.25, 0.3) is 0 Å². The monoisotopic (exact) mass is 130 g/mol. The largest absolute Gasteiger partial charge is 0.481 e. The van der Waals surface area contributed by atoms with E-state index in [0.29, 0.717) is 0 Å². The lowest BCUT2D eigenvalue weighted by molar-refractivity contribution is -0.137. The molecular formula is C5H10N2O2. The minimum absolute atomic E-state index is 0.127. The minimum atomic E-state index is -0.740. The van der Waals surface area contributed by atoms with E-state index in [0.717, 1.165) is 13.0 Å². The number of aliphatic carboxylic acids is 1. The Morgan fingerprint density at radius 2 is 2.56 bits per heavy atom. The van der Waals surface area contributed by atoms with Crippen molar-refractivity contribution in [2.24, 2.45) is 0 Å². The molecule has 0 aliphatic carbocycles. The van der Waals surface area contributed by atoms with Gasteiger partial charge in [0.15, 0.2) is 0 Å². The van der Waals surface area contributed by atoms with Gasteiger partial charge in [0.2, 0.25) is 0 Å². The number of hydrazine groups is 1. The number of nitrogens with one attached hydrogen (secondary N) is 2. The SMILES string of the molecule is O=C(O)CC1CCNN1. The van der Waals surface area contributed by atoms with Gasteiger partial charge in [-0.3, -0.25) is 15.6 Å². The summed E-state index contributed by atoms with van der Waals surface area (Å²) in [6.07, 6.45) is 1.12. The van der Waals surface area contributed by atoms with Crippen LogP contribution in [0, 0.1) is 0 Å². The lowest BCUT2D eigenvalue weighted by Crippen LogP contribution is -2.31. The van der Waals surface area contributed by atoms with Crippen molar-refractivity contribution < 1.29 is 9.90 Å². The van der Waals surface area contributed by atoms with Crippen LogP contribution in [0.4, 0.5) is 0 Å². The van der Waals surface area contributed by atoms with Crippen molar-refractivity contribution in [2.45, 2.75) is 18.9 Å². The molecule has 0 aromatic heterocycles. The van der Waals surface area contributed by atoms with E-state index in [1.54, 1.807) is 0 Å². The van der Waals surface area contributed by atoms with Crippen LogP contribution >= 0.6 is 0 Å². The molecule has 1 heterocycles. The summed E-state index contributed by atoms with van der Waals surface area (Å²) in [4.78, 5) is 10.1. The van der Waals surface area contributed by atoms with E-state index in [1.807, 2.05) is 0 Å². The fourth-order valence-corrected chi connectivity index (χ4v) is 0.899. The molecule has 1 fully saturated rings. The summed E-state index contributed by atoms with van der Waals surface area (Å²) in [6, 6.07) is 0.127. The lowest BCUT2D eigenvalue weighted by atomic mass is 10.2. The Morgan fingerprint density at radius 1 is 1.78 bits per heavy atom. The first-order valence-corrected chi connectivity index (χ1v) is 2.99. The molecule has 1 rings (SSSR count). The highest BCUT2D eigenvalue weighted by Gasteiger charge is 2.15. The summed E-state index contributed by atoms with van der Waals surface area (Å²) in [7, 11) is 0. The third-order valence-electron chi connectivity index (χ3n) is 1.35. The zero-order chi connectivity index (χ0) is 6.69. The molecule has 1 unspecified atom stereocenters. The first-order valence-electron chi connectivity index (χ1n) is 2.99. The number of carboxylic acid groups (broad SMARTS) is 1. The highest BCUT2D eigenvalue weighted by molar-refractivity contribution is 5.67. The predicted molar refractivity (Wildman–Crippen MR) is 31.8 cm³/mol. The van der Waals surface area contributed by atoms with Crippen molar-refractivity contribution in [3.05, 3.63) is 0 Å². The van der Waals surface area contributed by atoms with E-state index in [-0.39, 0.29) is 12.5 Å². The molecule has 0 saturated carbocycles. The fraction of sp³-hybridized carbons (Fsp3) is 0.800. The van der Waals surface area contributed by atoms with Crippen molar-refractivity contribution in [3.63, 3.8) is 0 Å². The van der Waals surface area contributed by atoms with Crippen molar-refractivity contribution >= 4 is 5.97 Å². The van der Waals surface area contributed by atoms with E-state index in [2.05, 4.69) is 10.9 Å². The molecule has 9 heavy (non-hydrogen) atoms. The Labute approximate surface area is 53.2 Å². The molecule has 0 spiro atoms. The second-order valence-electron chi connectivity index (χ2n) is 2.15. The summed E-state index contributed by atoms with van der Waals surface area (Å²) in [5, 5.41) is 8.31. The number of carbonyl (C=O) groups is 1. The first kappa shape index (κ1) is 6.51. The van der Waals surface area contributed by atoms with Gasteiger partial charge in [-0.05, 0) is 6.42 Å². The lowest BCUT2D eigenvalue weighted by Gasteiger charge is -2.02. The first-order chi connectivity index (χ1) is 4.29. The zero-order valence-electron chi connectivity index (χ0n) is 5.05. The van der Waals surface area contributed by atoms with E-state index >= 15 is 0 Å². The van der Waals surface area contributed by atoms with Crippen molar-refractivity contribution in [3.8, 4) is 0 Å². The van der Waals surface area contributed by atoms with Crippen LogP contribution in [0.1, 0.15) is 12.8 Å². The third kappa shape index (κ3) is 1.99. The maximum Gasteiger partial charge on any atom is 0.304 e. The number of rotatable bonds is 2. The Morgan fingerprint density at radius 3 is 3.00 bits per heavy atom. The maximum absolute atomic E-state index is 10.1. The third-order valence-corrected chi connectivity index (χ3v) is 1.35. The molecule has 0 aromatic rings.